The summed E-state index contributed by atoms with van der Waals surface area (Å²) in [5, 5.41) is 7.70. The van der Waals surface area contributed by atoms with Crippen LogP contribution in [0.3, 0.4) is 0 Å². The van der Waals surface area contributed by atoms with Crippen LogP contribution < -0.4 is 16.0 Å². The number of halogens is 3. The number of amides is 2. The summed E-state index contributed by atoms with van der Waals surface area (Å²) >= 11 is 0. The van der Waals surface area contributed by atoms with E-state index in [1.807, 2.05) is 5.32 Å². The van der Waals surface area contributed by atoms with Crippen molar-refractivity contribution in [1.29, 1.82) is 0 Å². The molecule has 5 nitrogen and oxygen atoms in total. The standard InChI is InChI=1S/C12H18F3N3O2/c13-12(14,15)9-4-3-8(11(20)18-9)10(19)17-6-7-2-1-5-16-7/h7-9,16H,1-6H2,(H,17,19)(H,18,20). The SMILES string of the molecule is O=C(NCC1CCCN1)C1CCC(C(F)(F)F)NC1=O. The van der Waals surface area contributed by atoms with Crippen molar-refractivity contribution in [2.24, 2.45) is 5.92 Å². The highest BCUT2D eigenvalue weighted by molar-refractivity contribution is 6.00. The third-order valence-electron chi connectivity index (χ3n) is 3.77. The minimum Gasteiger partial charge on any atom is -0.354 e. The van der Waals surface area contributed by atoms with Crippen LogP contribution >= 0.6 is 0 Å². The summed E-state index contributed by atoms with van der Waals surface area (Å²) in [6, 6.07) is -1.65. The zero-order valence-electron chi connectivity index (χ0n) is 10.9. The fraction of sp³-hybridized carbons (Fsp3) is 0.833. The first-order valence-corrected chi connectivity index (χ1v) is 6.76. The van der Waals surface area contributed by atoms with E-state index in [-0.39, 0.29) is 18.9 Å². The van der Waals surface area contributed by atoms with Crippen LogP contribution in [0.25, 0.3) is 0 Å². The Bertz CT molecular complexity index is 381. The van der Waals surface area contributed by atoms with E-state index in [1.165, 1.54) is 0 Å². The molecular weight excluding hydrogens is 275 g/mol. The lowest BCUT2D eigenvalue weighted by atomic mass is 9.92. The minimum absolute atomic E-state index is 0.0695. The van der Waals surface area contributed by atoms with Gasteiger partial charge in [-0.2, -0.15) is 13.2 Å². The van der Waals surface area contributed by atoms with E-state index in [0.717, 1.165) is 19.4 Å². The number of hydrogen-bond donors (Lipinski definition) is 3. The molecule has 0 radical (unpaired) electrons. The van der Waals surface area contributed by atoms with E-state index in [2.05, 4.69) is 10.6 Å². The number of nitrogens with one attached hydrogen (secondary N) is 3. The maximum atomic E-state index is 12.5. The van der Waals surface area contributed by atoms with Crippen LogP contribution in [-0.2, 0) is 9.59 Å². The van der Waals surface area contributed by atoms with E-state index >= 15 is 0 Å². The predicted molar refractivity (Wildman–Crippen MR) is 64.7 cm³/mol. The Morgan fingerprint density at radius 1 is 1.30 bits per heavy atom. The van der Waals surface area contributed by atoms with Gasteiger partial charge in [-0.25, -0.2) is 0 Å². The Kier molecular flexibility index (Phi) is 4.52. The van der Waals surface area contributed by atoms with Crippen molar-refractivity contribution >= 4 is 11.8 Å². The number of carbonyl (C=O) groups excluding carboxylic acids is 2. The molecule has 20 heavy (non-hydrogen) atoms. The number of carbonyl (C=O) groups is 2. The minimum atomic E-state index is -4.45. The first-order chi connectivity index (χ1) is 9.38. The highest BCUT2D eigenvalue weighted by Crippen LogP contribution is 2.28. The lowest BCUT2D eigenvalue weighted by molar-refractivity contribution is -0.171. The van der Waals surface area contributed by atoms with Gasteiger partial charge in [0.1, 0.15) is 12.0 Å². The molecule has 8 heteroatoms. The largest absolute Gasteiger partial charge is 0.408 e. The van der Waals surface area contributed by atoms with Gasteiger partial charge in [-0.05, 0) is 32.2 Å². The van der Waals surface area contributed by atoms with Gasteiger partial charge in [-0.1, -0.05) is 0 Å². The normalized spacial score (nSPS) is 30.9. The summed E-state index contributed by atoms with van der Waals surface area (Å²) in [7, 11) is 0. The van der Waals surface area contributed by atoms with Gasteiger partial charge in [-0.15, -0.1) is 0 Å². The maximum absolute atomic E-state index is 12.5. The van der Waals surface area contributed by atoms with Gasteiger partial charge in [0.15, 0.2) is 0 Å². The second-order valence-electron chi connectivity index (χ2n) is 5.27. The predicted octanol–water partition coefficient (Wildman–Crippen LogP) is 0.312. The van der Waals surface area contributed by atoms with Crippen LogP contribution in [0.1, 0.15) is 25.7 Å². The van der Waals surface area contributed by atoms with Crippen molar-refractivity contribution in [3.8, 4) is 0 Å². The molecule has 2 heterocycles. The van der Waals surface area contributed by atoms with Gasteiger partial charge in [0.25, 0.3) is 0 Å². The molecule has 0 aromatic carbocycles. The highest BCUT2D eigenvalue weighted by atomic mass is 19.4. The first kappa shape index (κ1) is 15.1. The fourth-order valence-electron chi connectivity index (χ4n) is 2.58. The smallest absolute Gasteiger partial charge is 0.354 e. The van der Waals surface area contributed by atoms with Crippen molar-refractivity contribution < 1.29 is 22.8 Å². The van der Waals surface area contributed by atoms with E-state index in [4.69, 9.17) is 0 Å². The first-order valence-electron chi connectivity index (χ1n) is 6.76. The second-order valence-corrected chi connectivity index (χ2v) is 5.27. The number of alkyl halides is 3. The Morgan fingerprint density at radius 3 is 2.60 bits per heavy atom. The van der Waals surface area contributed by atoms with Gasteiger partial charge in [0.05, 0.1) is 0 Å². The number of rotatable bonds is 3. The Labute approximate surface area is 114 Å². The Hall–Kier alpha value is -1.31. The average molecular weight is 293 g/mol. The van der Waals surface area contributed by atoms with E-state index < -0.39 is 30.0 Å². The second kappa shape index (κ2) is 5.99. The third kappa shape index (κ3) is 3.62. The average Bonchev–Trinajstić information content (AvgIpc) is 2.87. The summed E-state index contributed by atoms with van der Waals surface area (Å²) in [5.41, 5.74) is 0. The van der Waals surface area contributed by atoms with Gasteiger partial charge >= 0.3 is 6.18 Å². The molecule has 2 saturated heterocycles. The number of piperidine rings is 1. The molecule has 2 amide bonds. The monoisotopic (exact) mass is 293 g/mol. The fourth-order valence-corrected chi connectivity index (χ4v) is 2.58. The van der Waals surface area contributed by atoms with Crippen molar-refractivity contribution in [2.75, 3.05) is 13.1 Å². The molecule has 0 aliphatic carbocycles. The molecule has 3 atom stereocenters. The quantitative estimate of drug-likeness (QED) is 0.656. The van der Waals surface area contributed by atoms with Gasteiger partial charge < -0.3 is 16.0 Å². The lowest BCUT2D eigenvalue weighted by Crippen LogP contribution is -2.55. The summed E-state index contributed by atoms with van der Waals surface area (Å²) in [6.07, 6.45) is -2.79. The van der Waals surface area contributed by atoms with Crippen molar-refractivity contribution in [1.82, 2.24) is 16.0 Å². The lowest BCUT2D eigenvalue weighted by Gasteiger charge is -2.30. The molecule has 0 aromatic heterocycles. The van der Waals surface area contributed by atoms with Crippen molar-refractivity contribution in [3.05, 3.63) is 0 Å². The van der Waals surface area contributed by atoms with E-state index in [0.29, 0.717) is 6.54 Å². The van der Waals surface area contributed by atoms with Gasteiger partial charge in [0.2, 0.25) is 11.8 Å². The molecule has 0 aromatic rings. The molecule has 0 spiro atoms. The van der Waals surface area contributed by atoms with Gasteiger partial charge in [-0.3, -0.25) is 9.59 Å². The molecule has 2 aliphatic heterocycles. The topological polar surface area (TPSA) is 70.2 Å². The molecule has 2 aliphatic rings. The summed E-state index contributed by atoms with van der Waals surface area (Å²) in [6.45, 7) is 1.31. The van der Waals surface area contributed by atoms with Crippen LogP contribution in [0.5, 0.6) is 0 Å². The van der Waals surface area contributed by atoms with Crippen molar-refractivity contribution in [3.63, 3.8) is 0 Å². The maximum Gasteiger partial charge on any atom is 0.408 e. The molecule has 2 rings (SSSR count). The van der Waals surface area contributed by atoms with Crippen LogP contribution in [0.2, 0.25) is 0 Å². The van der Waals surface area contributed by atoms with Crippen LogP contribution in [0.15, 0.2) is 0 Å². The molecule has 3 N–H and O–H groups in total. The number of hydrogen-bond acceptors (Lipinski definition) is 3. The molecule has 3 unspecified atom stereocenters. The Morgan fingerprint density at radius 2 is 2.05 bits per heavy atom. The van der Waals surface area contributed by atoms with E-state index in [9.17, 15) is 22.8 Å². The van der Waals surface area contributed by atoms with Crippen LogP contribution in [0, 0.1) is 5.92 Å². The molecule has 0 bridgehead atoms. The summed E-state index contributed by atoms with van der Waals surface area (Å²) in [5.74, 6) is -2.35. The molecule has 0 saturated carbocycles. The zero-order chi connectivity index (χ0) is 14.8. The van der Waals surface area contributed by atoms with Crippen molar-refractivity contribution in [2.45, 2.75) is 43.9 Å². The van der Waals surface area contributed by atoms with Crippen LogP contribution in [0.4, 0.5) is 13.2 Å². The van der Waals surface area contributed by atoms with Crippen LogP contribution in [-0.4, -0.2) is 43.2 Å². The third-order valence-corrected chi connectivity index (χ3v) is 3.77. The van der Waals surface area contributed by atoms with E-state index in [1.54, 1.807) is 0 Å². The van der Waals surface area contributed by atoms with Gasteiger partial charge in [0, 0.05) is 12.6 Å². The molecule has 114 valence electrons. The highest BCUT2D eigenvalue weighted by Gasteiger charge is 2.45. The Balaban J connectivity index is 1.81. The summed E-state index contributed by atoms with van der Waals surface area (Å²) < 4.78 is 37.4. The molecule has 2 fully saturated rings. The molecular formula is C12H18F3N3O2. The summed E-state index contributed by atoms with van der Waals surface area (Å²) in [4.78, 5) is 23.4. The zero-order valence-corrected chi connectivity index (χ0v) is 10.9.